The number of aromatic amines is 1. The van der Waals surface area contributed by atoms with Crippen LogP contribution in [0.4, 0.5) is 0 Å². The van der Waals surface area contributed by atoms with Gasteiger partial charge in [0.2, 0.25) is 0 Å². The quantitative estimate of drug-likeness (QED) is 0.531. The number of aliphatic hydroxyl groups is 1. The number of piperidine rings is 1. The Morgan fingerprint density at radius 2 is 2.00 bits per heavy atom. The Morgan fingerprint density at radius 1 is 1.13 bits per heavy atom. The monoisotopic (exact) mass is 466 g/mol. The van der Waals surface area contributed by atoms with Crippen LogP contribution in [-0.4, -0.2) is 45.3 Å². The van der Waals surface area contributed by atoms with Crippen LogP contribution < -0.4 is 0 Å². The van der Waals surface area contributed by atoms with Gasteiger partial charge in [-0.15, -0.1) is 0 Å². The van der Waals surface area contributed by atoms with Gasteiger partial charge >= 0.3 is 0 Å². The van der Waals surface area contributed by atoms with Crippen LogP contribution in [0.3, 0.4) is 0 Å². The number of nitrogens with one attached hydrogen (secondary N) is 1. The van der Waals surface area contributed by atoms with Crippen molar-refractivity contribution in [3.63, 3.8) is 0 Å². The summed E-state index contributed by atoms with van der Waals surface area (Å²) in [4.78, 5) is 6.13. The molecule has 1 aromatic heterocycles. The van der Waals surface area contributed by atoms with Crippen molar-refractivity contribution in [2.75, 3.05) is 19.6 Å². The molecule has 2 aromatic carbocycles. The number of hydrogen-bond acceptors (Lipinski definition) is 3. The third-order valence-electron chi connectivity index (χ3n) is 7.75. The fourth-order valence-electron chi connectivity index (χ4n) is 6.02. The number of hydrogen-bond donors (Lipinski definition) is 3. The average molecular weight is 467 g/mol. The summed E-state index contributed by atoms with van der Waals surface area (Å²) in [6.45, 7) is 2.79. The summed E-state index contributed by atoms with van der Waals surface area (Å²) in [5.74, 6) is 1.08. The minimum atomic E-state index is -0.863. The summed E-state index contributed by atoms with van der Waals surface area (Å²) in [5.41, 5.74) is 3.41. The highest BCUT2D eigenvalue weighted by molar-refractivity contribution is 9.10. The lowest BCUT2D eigenvalue weighted by molar-refractivity contribution is -0.103. The maximum atomic E-state index is 12.3. The molecule has 1 aliphatic heterocycles. The second kappa shape index (κ2) is 6.59. The number of H-pyrrole nitrogens is 1. The second-order valence-corrected chi connectivity index (χ2v) is 10.6. The number of phenols is 1. The lowest BCUT2D eigenvalue weighted by Crippen LogP contribution is -2.66. The first-order chi connectivity index (χ1) is 14.5. The van der Waals surface area contributed by atoms with E-state index in [0.29, 0.717) is 13.0 Å². The first kappa shape index (κ1) is 18.9. The second-order valence-electron chi connectivity index (χ2n) is 9.72. The maximum Gasteiger partial charge on any atom is 0.115 e. The molecule has 2 heterocycles. The molecule has 3 aromatic rings. The summed E-state index contributed by atoms with van der Waals surface area (Å²) in [6.07, 6.45) is 4.96. The Hall–Kier alpha value is -1.82. The van der Waals surface area contributed by atoms with Crippen LogP contribution in [0.1, 0.15) is 36.1 Å². The number of likely N-dealkylation sites (tertiary alicyclic amines) is 1. The molecule has 30 heavy (non-hydrogen) atoms. The number of fused-ring (bicyclic) bond motifs is 4. The molecule has 2 fully saturated rings. The molecule has 3 aliphatic rings. The molecule has 1 saturated carbocycles. The van der Waals surface area contributed by atoms with E-state index in [2.05, 4.69) is 50.1 Å². The summed E-state index contributed by atoms with van der Waals surface area (Å²) in [7, 11) is 0. The van der Waals surface area contributed by atoms with Crippen molar-refractivity contribution in [1.29, 1.82) is 0 Å². The number of nitrogens with zero attached hydrogens (tertiary/aromatic N) is 1. The largest absolute Gasteiger partial charge is 0.508 e. The van der Waals surface area contributed by atoms with Gasteiger partial charge in [0.25, 0.3) is 0 Å². The summed E-state index contributed by atoms with van der Waals surface area (Å²) >= 11 is 3.61. The topological polar surface area (TPSA) is 59.5 Å². The number of benzene rings is 2. The zero-order valence-electron chi connectivity index (χ0n) is 17.0. The molecule has 2 unspecified atom stereocenters. The molecule has 156 valence electrons. The van der Waals surface area contributed by atoms with E-state index in [1.807, 2.05) is 12.1 Å². The Balaban J connectivity index is 1.50. The molecular weight excluding hydrogens is 440 g/mol. The fourth-order valence-corrected chi connectivity index (χ4v) is 6.38. The maximum absolute atomic E-state index is 12.3. The molecule has 3 N–H and O–H groups in total. The number of β-amino-alcohol motifs (C(OH)–C–C–N with tert-alkyl or cyclic N) is 1. The minimum Gasteiger partial charge on any atom is -0.508 e. The van der Waals surface area contributed by atoms with E-state index >= 15 is 0 Å². The molecule has 2 aliphatic carbocycles. The predicted octanol–water partition coefficient (Wildman–Crippen LogP) is 4.52. The number of halogens is 1. The van der Waals surface area contributed by atoms with Crippen LogP contribution in [0.25, 0.3) is 10.9 Å². The first-order valence-corrected chi connectivity index (χ1v) is 11.8. The molecule has 6 rings (SSSR count). The van der Waals surface area contributed by atoms with Crippen molar-refractivity contribution >= 4 is 26.8 Å². The van der Waals surface area contributed by atoms with Crippen molar-refractivity contribution in [1.82, 2.24) is 9.88 Å². The Morgan fingerprint density at radius 3 is 2.80 bits per heavy atom. The van der Waals surface area contributed by atoms with Gasteiger partial charge in [0.05, 0.1) is 5.60 Å². The van der Waals surface area contributed by atoms with Gasteiger partial charge in [0.15, 0.2) is 0 Å². The van der Waals surface area contributed by atoms with E-state index in [-0.39, 0.29) is 5.75 Å². The Bertz CT molecular complexity index is 1140. The number of aromatic nitrogens is 1. The van der Waals surface area contributed by atoms with Crippen LogP contribution in [-0.2, 0) is 18.3 Å². The van der Waals surface area contributed by atoms with Gasteiger partial charge in [-0.05, 0) is 73.2 Å². The highest BCUT2D eigenvalue weighted by Gasteiger charge is 2.57. The molecule has 5 heteroatoms. The SMILES string of the molecule is Oc1cccc(C23CCN(CC4CC4)CC2(O)Cc2c([nH]c4ccc(Br)cc24)C3)c1. The average Bonchev–Trinajstić information content (AvgIpc) is 3.47. The normalized spacial score (nSPS) is 29.0. The van der Waals surface area contributed by atoms with Crippen molar-refractivity contribution in [3.05, 3.63) is 63.8 Å². The number of aromatic hydroxyl groups is 1. The molecule has 0 bridgehead atoms. The minimum absolute atomic E-state index is 0.274. The van der Waals surface area contributed by atoms with E-state index in [4.69, 9.17) is 0 Å². The molecular formula is C25H27BrN2O2. The van der Waals surface area contributed by atoms with Gasteiger partial charge in [-0.1, -0.05) is 28.1 Å². The van der Waals surface area contributed by atoms with Crippen LogP contribution in [0.2, 0.25) is 0 Å². The Labute approximate surface area is 185 Å². The molecule has 1 saturated heterocycles. The van der Waals surface area contributed by atoms with E-state index in [9.17, 15) is 10.2 Å². The van der Waals surface area contributed by atoms with Crippen molar-refractivity contribution in [3.8, 4) is 5.75 Å². The first-order valence-electron chi connectivity index (χ1n) is 11.0. The van der Waals surface area contributed by atoms with Crippen LogP contribution in [0.15, 0.2) is 46.9 Å². The van der Waals surface area contributed by atoms with Gasteiger partial charge in [0.1, 0.15) is 5.75 Å². The van der Waals surface area contributed by atoms with Gasteiger partial charge < -0.3 is 20.1 Å². The van der Waals surface area contributed by atoms with Gasteiger partial charge in [-0.25, -0.2) is 0 Å². The third kappa shape index (κ3) is 2.86. The molecule has 2 atom stereocenters. The highest BCUT2D eigenvalue weighted by atomic mass is 79.9. The third-order valence-corrected chi connectivity index (χ3v) is 8.24. The molecule has 0 spiro atoms. The van der Waals surface area contributed by atoms with Gasteiger partial charge in [-0.2, -0.15) is 0 Å². The molecule has 0 radical (unpaired) electrons. The van der Waals surface area contributed by atoms with Crippen molar-refractivity contribution < 1.29 is 10.2 Å². The lowest BCUT2D eigenvalue weighted by atomic mass is 9.56. The summed E-state index contributed by atoms with van der Waals surface area (Å²) in [5, 5.41) is 23.8. The molecule has 4 nitrogen and oxygen atoms in total. The summed E-state index contributed by atoms with van der Waals surface area (Å²) < 4.78 is 1.06. The fraction of sp³-hybridized carbons (Fsp3) is 0.440. The van der Waals surface area contributed by atoms with E-state index in [1.165, 1.54) is 29.5 Å². The Kier molecular flexibility index (Phi) is 4.15. The number of phenolic OH excluding ortho intramolecular Hbond substituents is 1. The van der Waals surface area contributed by atoms with E-state index in [1.54, 1.807) is 6.07 Å². The van der Waals surface area contributed by atoms with E-state index in [0.717, 1.165) is 47.4 Å². The molecule has 0 amide bonds. The summed E-state index contributed by atoms with van der Waals surface area (Å²) in [6, 6.07) is 13.9. The number of rotatable bonds is 3. The van der Waals surface area contributed by atoms with Crippen LogP contribution >= 0.6 is 15.9 Å². The van der Waals surface area contributed by atoms with Crippen LogP contribution in [0.5, 0.6) is 5.75 Å². The van der Waals surface area contributed by atoms with Gasteiger partial charge in [-0.3, -0.25) is 0 Å². The zero-order valence-corrected chi connectivity index (χ0v) is 18.6. The lowest BCUT2D eigenvalue weighted by Gasteiger charge is -2.56. The van der Waals surface area contributed by atoms with Crippen LogP contribution in [0, 0.1) is 5.92 Å². The smallest absolute Gasteiger partial charge is 0.115 e. The predicted molar refractivity (Wildman–Crippen MR) is 122 cm³/mol. The van der Waals surface area contributed by atoms with Crippen molar-refractivity contribution in [2.45, 2.75) is 43.1 Å². The van der Waals surface area contributed by atoms with E-state index < -0.39 is 11.0 Å². The van der Waals surface area contributed by atoms with Gasteiger partial charge in [0, 0.05) is 52.4 Å². The standard InChI is InChI=1S/C25H27BrN2O2/c26-18-6-7-22-20(11-18)21-12-25(30)15-28(14-16-4-5-16)9-8-24(25,13-23(21)27-22)17-2-1-3-19(29)10-17/h1-3,6-7,10-11,16,27,29-30H,4-5,8-9,12-15H2. The van der Waals surface area contributed by atoms with Crippen molar-refractivity contribution in [2.24, 2.45) is 5.92 Å². The zero-order chi connectivity index (χ0) is 20.5. The highest BCUT2D eigenvalue weighted by Crippen LogP contribution is 2.52.